The molecule has 0 atom stereocenters. The number of benzene rings is 1. The third-order valence-electron chi connectivity index (χ3n) is 3.80. The van der Waals surface area contributed by atoms with Crippen molar-refractivity contribution in [1.82, 2.24) is 24.9 Å². The third-order valence-corrected chi connectivity index (χ3v) is 4.48. The zero-order valence-corrected chi connectivity index (χ0v) is 16.2. The number of hydrogen-bond acceptors (Lipinski definition) is 4. The second-order valence-corrected chi connectivity index (χ2v) is 6.69. The maximum atomic E-state index is 12.2. The van der Waals surface area contributed by atoms with Crippen molar-refractivity contribution >= 4 is 29.1 Å². The van der Waals surface area contributed by atoms with Crippen LogP contribution < -0.4 is 10.1 Å². The summed E-state index contributed by atoms with van der Waals surface area (Å²) in [5.74, 6) is 0.329. The maximum Gasteiger partial charge on any atom is 0.271 e. The van der Waals surface area contributed by atoms with Crippen molar-refractivity contribution < 1.29 is 9.53 Å². The first kappa shape index (κ1) is 19.3. The minimum atomic E-state index is -0.235. The largest absolute Gasteiger partial charge is 0.470 e. The minimum absolute atomic E-state index is 0.163. The lowest BCUT2D eigenvalue weighted by atomic mass is 10.3. The molecule has 1 N–H and O–H groups in total. The van der Waals surface area contributed by atoms with E-state index in [1.54, 1.807) is 35.3 Å². The smallest absolute Gasteiger partial charge is 0.271 e. The Bertz CT molecular complexity index is 903. The van der Waals surface area contributed by atoms with Gasteiger partial charge in [-0.1, -0.05) is 35.3 Å². The van der Waals surface area contributed by atoms with Crippen LogP contribution in [-0.2, 0) is 13.3 Å². The molecular formula is C18H19Cl2N5O2. The Morgan fingerprint density at radius 3 is 2.70 bits per heavy atom. The number of halogens is 2. The van der Waals surface area contributed by atoms with Crippen molar-refractivity contribution in [3.05, 3.63) is 64.2 Å². The highest BCUT2D eigenvalue weighted by Gasteiger charge is 2.10. The molecule has 7 nitrogen and oxygen atoms in total. The van der Waals surface area contributed by atoms with Crippen LogP contribution in [0.3, 0.4) is 0 Å². The molecule has 0 aliphatic carbocycles. The first-order valence-corrected chi connectivity index (χ1v) is 9.17. The number of aromatic nitrogens is 4. The average Bonchev–Trinajstić information content (AvgIpc) is 3.25. The fourth-order valence-electron chi connectivity index (χ4n) is 2.39. The summed E-state index contributed by atoms with van der Waals surface area (Å²) >= 11 is 12.0. The number of carbonyl (C=O) groups is 1. The summed E-state index contributed by atoms with van der Waals surface area (Å²) in [5.41, 5.74) is 1.13. The molecule has 0 unspecified atom stereocenters. The van der Waals surface area contributed by atoms with Crippen LogP contribution in [0, 0.1) is 6.92 Å². The van der Waals surface area contributed by atoms with E-state index in [2.05, 4.69) is 15.5 Å². The monoisotopic (exact) mass is 407 g/mol. The molecule has 9 heteroatoms. The van der Waals surface area contributed by atoms with Gasteiger partial charge in [-0.25, -0.2) is 4.68 Å². The Morgan fingerprint density at radius 2 is 1.96 bits per heavy atom. The topological polar surface area (TPSA) is 74.0 Å². The van der Waals surface area contributed by atoms with Crippen LogP contribution in [0.25, 0.3) is 0 Å². The molecule has 142 valence electrons. The lowest BCUT2D eigenvalue weighted by Crippen LogP contribution is -2.26. The summed E-state index contributed by atoms with van der Waals surface area (Å²) in [6, 6.07) is 8.82. The van der Waals surface area contributed by atoms with E-state index < -0.39 is 0 Å². The molecule has 2 aromatic heterocycles. The van der Waals surface area contributed by atoms with Gasteiger partial charge in [0.2, 0.25) is 0 Å². The SMILES string of the molecule is Cc1nn(CCCNC(=O)c2ccn(COc3ccccc3Cl)n2)cc1Cl. The maximum absolute atomic E-state index is 12.2. The first-order valence-electron chi connectivity index (χ1n) is 8.41. The van der Waals surface area contributed by atoms with Gasteiger partial charge in [0.25, 0.3) is 5.91 Å². The van der Waals surface area contributed by atoms with Gasteiger partial charge in [0.15, 0.2) is 6.73 Å². The second kappa shape index (κ2) is 8.92. The van der Waals surface area contributed by atoms with E-state index in [9.17, 15) is 4.79 Å². The molecular weight excluding hydrogens is 389 g/mol. The second-order valence-electron chi connectivity index (χ2n) is 5.88. The summed E-state index contributed by atoms with van der Waals surface area (Å²) in [6.07, 6.45) is 4.19. The summed E-state index contributed by atoms with van der Waals surface area (Å²) in [5, 5.41) is 12.5. The number of para-hydroxylation sites is 1. The van der Waals surface area contributed by atoms with Crippen molar-refractivity contribution in [2.75, 3.05) is 6.54 Å². The van der Waals surface area contributed by atoms with E-state index in [-0.39, 0.29) is 12.6 Å². The van der Waals surface area contributed by atoms with E-state index in [1.807, 2.05) is 19.1 Å². The fourth-order valence-corrected chi connectivity index (χ4v) is 2.73. The van der Waals surface area contributed by atoms with Gasteiger partial charge in [-0.05, 0) is 31.5 Å². The molecule has 0 bridgehead atoms. The third kappa shape index (κ3) is 5.24. The molecule has 0 aliphatic heterocycles. The lowest BCUT2D eigenvalue weighted by Gasteiger charge is -2.07. The number of carbonyl (C=O) groups excluding carboxylic acids is 1. The van der Waals surface area contributed by atoms with Crippen LogP contribution in [0.1, 0.15) is 22.6 Å². The highest BCUT2D eigenvalue weighted by atomic mass is 35.5. The van der Waals surface area contributed by atoms with Gasteiger partial charge < -0.3 is 10.1 Å². The molecule has 3 aromatic rings. The van der Waals surface area contributed by atoms with Gasteiger partial charge >= 0.3 is 0 Å². The number of nitrogens with one attached hydrogen (secondary N) is 1. The van der Waals surface area contributed by atoms with Crippen molar-refractivity contribution in [3.63, 3.8) is 0 Å². The molecule has 0 fully saturated rings. The molecule has 0 radical (unpaired) electrons. The van der Waals surface area contributed by atoms with Gasteiger partial charge in [0.1, 0.15) is 11.4 Å². The van der Waals surface area contributed by atoms with Crippen LogP contribution in [0.15, 0.2) is 42.7 Å². The Balaban J connectivity index is 1.43. The van der Waals surface area contributed by atoms with Crippen LogP contribution in [0.5, 0.6) is 5.75 Å². The molecule has 2 heterocycles. The van der Waals surface area contributed by atoms with Gasteiger partial charge in [0, 0.05) is 25.5 Å². The normalized spacial score (nSPS) is 10.8. The highest BCUT2D eigenvalue weighted by Crippen LogP contribution is 2.23. The quantitative estimate of drug-likeness (QED) is 0.579. The lowest BCUT2D eigenvalue weighted by molar-refractivity contribution is 0.0945. The number of ether oxygens (including phenoxy) is 1. The van der Waals surface area contributed by atoms with Crippen LogP contribution in [-0.4, -0.2) is 32.0 Å². The van der Waals surface area contributed by atoms with E-state index in [0.717, 1.165) is 12.1 Å². The molecule has 0 saturated heterocycles. The zero-order valence-electron chi connectivity index (χ0n) is 14.7. The van der Waals surface area contributed by atoms with Crippen molar-refractivity contribution in [3.8, 4) is 5.75 Å². The van der Waals surface area contributed by atoms with Crippen molar-refractivity contribution in [2.45, 2.75) is 26.6 Å². The Kier molecular flexibility index (Phi) is 6.36. The van der Waals surface area contributed by atoms with E-state index >= 15 is 0 Å². The molecule has 1 amide bonds. The predicted molar refractivity (Wildman–Crippen MR) is 103 cm³/mol. The summed E-state index contributed by atoms with van der Waals surface area (Å²) in [7, 11) is 0. The number of hydrogen-bond donors (Lipinski definition) is 1. The zero-order chi connectivity index (χ0) is 19.2. The van der Waals surface area contributed by atoms with E-state index in [4.69, 9.17) is 27.9 Å². The summed E-state index contributed by atoms with van der Waals surface area (Å²) in [6.45, 7) is 3.20. The van der Waals surface area contributed by atoms with Crippen LogP contribution >= 0.6 is 23.2 Å². The van der Waals surface area contributed by atoms with Gasteiger partial charge in [-0.15, -0.1) is 0 Å². The van der Waals surface area contributed by atoms with Gasteiger partial charge in [0.05, 0.1) is 15.7 Å². The molecule has 1 aromatic carbocycles. The number of nitrogens with zero attached hydrogens (tertiary/aromatic N) is 4. The Labute approximate surface area is 166 Å². The Hall–Kier alpha value is -2.51. The summed E-state index contributed by atoms with van der Waals surface area (Å²) < 4.78 is 8.89. The van der Waals surface area contributed by atoms with Crippen LogP contribution in [0.2, 0.25) is 10.0 Å². The number of rotatable bonds is 8. The average molecular weight is 408 g/mol. The van der Waals surface area contributed by atoms with Crippen molar-refractivity contribution in [1.29, 1.82) is 0 Å². The summed E-state index contributed by atoms with van der Waals surface area (Å²) in [4.78, 5) is 12.2. The van der Waals surface area contributed by atoms with Crippen molar-refractivity contribution in [2.24, 2.45) is 0 Å². The predicted octanol–water partition coefficient (Wildman–Crippen LogP) is 3.55. The minimum Gasteiger partial charge on any atom is -0.470 e. The standard InChI is InChI=1S/C18H19Cl2N5O2/c1-13-15(20)11-24(22-13)9-4-8-21-18(26)16-7-10-25(23-16)12-27-17-6-3-2-5-14(17)19/h2-3,5-7,10-11H,4,8-9,12H2,1H3,(H,21,26). The Morgan fingerprint density at radius 1 is 1.15 bits per heavy atom. The van der Waals surface area contributed by atoms with Gasteiger partial charge in [-0.2, -0.15) is 10.2 Å². The van der Waals surface area contributed by atoms with E-state index in [0.29, 0.717) is 34.6 Å². The number of amides is 1. The van der Waals surface area contributed by atoms with Crippen LogP contribution in [0.4, 0.5) is 0 Å². The molecule has 3 rings (SSSR count). The fraction of sp³-hybridized carbons (Fsp3) is 0.278. The molecule has 0 saturated carbocycles. The first-order chi connectivity index (χ1) is 13.0. The highest BCUT2D eigenvalue weighted by molar-refractivity contribution is 6.32. The van der Waals surface area contributed by atoms with Gasteiger partial charge in [-0.3, -0.25) is 9.48 Å². The molecule has 0 spiro atoms. The van der Waals surface area contributed by atoms with E-state index in [1.165, 1.54) is 4.68 Å². The number of aryl methyl sites for hydroxylation is 2. The molecule has 0 aliphatic rings. The molecule has 27 heavy (non-hydrogen) atoms.